The van der Waals surface area contributed by atoms with Gasteiger partial charge < -0.3 is 20.1 Å². The zero-order chi connectivity index (χ0) is 9.19. The highest BCUT2D eigenvalue weighted by molar-refractivity contribution is 4.93. The molecule has 1 saturated heterocycles. The summed E-state index contributed by atoms with van der Waals surface area (Å²) in [7, 11) is 0. The number of ether oxygens (including phenoxy) is 1. The van der Waals surface area contributed by atoms with Gasteiger partial charge in [0, 0.05) is 5.92 Å². The molecule has 0 saturated carbocycles. The van der Waals surface area contributed by atoms with Gasteiger partial charge in [-0.3, -0.25) is 0 Å². The molecule has 2 unspecified atom stereocenters. The van der Waals surface area contributed by atoms with Crippen LogP contribution in [-0.4, -0.2) is 47.9 Å². The zero-order valence-electron chi connectivity index (χ0n) is 7.23. The maximum atomic E-state index is 9.03. The summed E-state index contributed by atoms with van der Waals surface area (Å²) in [6, 6.07) is 0. The Labute approximate surface area is 71.8 Å². The van der Waals surface area contributed by atoms with Gasteiger partial charge in [-0.15, -0.1) is 0 Å². The van der Waals surface area contributed by atoms with Crippen LogP contribution in [0, 0.1) is 11.3 Å². The minimum atomic E-state index is -0.863. The first-order valence-electron chi connectivity index (χ1n) is 4.14. The monoisotopic (exact) mass is 176 g/mol. The third kappa shape index (κ3) is 1.35. The van der Waals surface area contributed by atoms with Crippen LogP contribution in [0.1, 0.15) is 6.92 Å². The normalized spacial score (nSPS) is 30.0. The largest absolute Gasteiger partial charge is 0.396 e. The van der Waals surface area contributed by atoms with Gasteiger partial charge in [-0.25, -0.2) is 0 Å². The van der Waals surface area contributed by atoms with Crippen LogP contribution in [0.5, 0.6) is 0 Å². The van der Waals surface area contributed by atoms with Crippen LogP contribution in [0.25, 0.3) is 0 Å². The molecule has 1 aliphatic heterocycles. The maximum absolute atomic E-state index is 9.03. The Kier molecular flexibility index (Phi) is 3.06. The lowest BCUT2D eigenvalue weighted by molar-refractivity contribution is -0.206. The molecule has 0 amide bonds. The SMILES string of the molecule is CC1COC1C(CO)(CO)CO. The average Bonchev–Trinajstić information content (AvgIpc) is 2.11. The first kappa shape index (κ1) is 9.92. The van der Waals surface area contributed by atoms with Crippen LogP contribution in [-0.2, 0) is 4.74 Å². The Hall–Kier alpha value is -0.160. The number of hydrogen-bond donors (Lipinski definition) is 3. The Balaban J connectivity index is 2.63. The summed E-state index contributed by atoms with van der Waals surface area (Å²) in [6.45, 7) is 1.90. The van der Waals surface area contributed by atoms with Crippen molar-refractivity contribution in [2.45, 2.75) is 13.0 Å². The molecule has 1 heterocycles. The van der Waals surface area contributed by atoms with Crippen LogP contribution >= 0.6 is 0 Å². The van der Waals surface area contributed by atoms with Crippen molar-refractivity contribution >= 4 is 0 Å². The van der Waals surface area contributed by atoms with Gasteiger partial charge in [0.05, 0.1) is 37.9 Å². The lowest BCUT2D eigenvalue weighted by atomic mass is 9.76. The molecule has 0 radical (unpaired) electrons. The Morgan fingerprint density at radius 2 is 1.75 bits per heavy atom. The predicted octanol–water partition coefficient (Wildman–Crippen LogP) is -1.02. The molecule has 2 atom stereocenters. The van der Waals surface area contributed by atoms with Crippen LogP contribution in [0.2, 0.25) is 0 Å². The molecule has 1 aliphatic rings. The highest BCUT2D eigenvalue weighted by Crippen LogP contribution is 2.35. The number of aliphatic hydroxyl groups excluding tert-OH is 3. The molecule has 1 rings (SSSR count). The third-order valence-electron chi connectivity index (χ3n) is 2.60. The zero-order valence-corrected chi connectivity index (χ0v) is 7.23. The molecule has 0 aromatic carbocycles. The summed E-state index contributed by atoms with van der Waals surface area (Å²) in [6.07, 6.45) is -0.211. The molecule has 0 spiro atoms. The van der Waals surface area contributed by atoms with Crippen LogP contribution in [0.15, 0.2) is 0 Å². The van der Waals surface area contributed by atoms with Gasteiger partial charge in [-0.1, -0.05) is 6.92 Å². The number of hydrogen-bond acceptors (Lipinski definition) is 4. The molecule has 4 heteroatoms. The van der Waals surface area contributed by atoms with Gasteiger partial charge in [0.15, 0.2) is 0 Å². The van der Waals surface area contributed by atoms with Crippen molar-refractivity contribution in [2.75, 3.05) is 26.4 Å². The Morgan fingerprint density at radius 1 is 1.25 bits per heavy atom. The van der Waals surface area contributed by atoms with Crippen molar-refractivity contribution in [3.05, 3.63) is 0 Å². The first-order valence-corrected chi connectivity index (χ1v) is 4.14. The smallest absolute Gasteiger partial charge is 0.0745 e. The molecule has 0 aromatic rings. The van der Waals surface area contributed by atoms with Crippen molar-refractivity contribution in [1.29, 1.82) is 0 Å². The van der Waals surface area contributed by atoms with E-state index in [4.69, 9.17) is 20.1 Å². The summed E-state index contributed by atoms with van der Waals surface area (Å²) in [5.74, 6) is 0.302. The molecule has 72 valence electrons. The molecular weight excluding hydrogens is 160 g/mol. The van der Waals surface area contributed by atoms with E-state index in [9.17, 15) is 0 Å². The molecule has 0 aliphatic carbocycles. The minimum absolute atomic E-state index is 0.211. The van der Waals surface area contributed by atoms with E-state index >= 15 is 0 Å². The highest BCUT2D eigenvalue weighted by Gasteiger charge is 2.46. The fourth-order valence-electron chi connectivity index (χ4n) is 1.59. The lowest BCUT2D eigenvalue weighted by Gasteiger charge is -2.46. The summed E-state index contributed by atoms with van der Waals surface area (Å²) in [5, 5.41) is 27.1. The van der Waals surface area contributed by atoms with Crippen molar-refractivity contribution < 1.29 is 20.1 Å². The highest BCUT2D eigenvalue weighted by atomic mass is 16.5. The molecule has 4 nitrogen and oxygen atoms in total. The van der Waals surface area contributed by atoms with Crippen LogP contribution in [0.4, 0.5) is 0 Å². The van der Waals surface area contributed by atoms with E-state index in [-0.39, 0.29) is 25.9 Å². The van der Waals surface area contributed by atoms with E-state index in [0.29, 0.717) is 12.5 Å². The molecular formula is C8H16O4. The average molecular weight is 176 g/mol. The van der Waals surface area contributed by atoms with E-state index < -0.39 is 5.41 Å². The Bertz CT molecular complexity index is 136. The summed E-state index contributed by atoms with van der Waals surface area (Å²) >= 11 is 0. The fraction of sp³-hybridized carbons (Fsp3) is 1.00. The van der Waals surface area contributed by atoms with Crippen LogP contribution in [0.3, 0.4) is 0 Å². The maximum Gasteiger partial charge on any atom is 0.0745 e. The van der Waals surface area contributed by atoms with E-state index in [2.05, 4.69) is 0 Å². The second kappa shape index (κ2) is 3.70. The van der Waals surface area contributed by atoms with Crippen molar-refractivity contribution in [3.8, 4) is 0 Å². The quantitative estimate of drug-likeness (QED) is 0.513. The predicted molar refractivity (Wildman–Crippen MR) is 42.6 cm³/mol. The summed E-state index contributed by atoms with van der Waals surface area (Å²) in [5.41, 5.74) is -0.863. The van der Waals surface area contributed by atoms with Gasteiger partial charge in [-0.05, 0) is 0 Å². The van der Waals surface area contributed by atoms with E-state index in [1.165, 1.54) is 0 Å². The fourth-order valence-corrected chi connectivity index (χ4v) is 1.59. The third-order valence-corrected chi connectivity index (χ3v) is 2.60. The minimum Gasteiger partial charge on any atom is -0.396 e. The lowest BCUT2D eigenvalue weighted by Crippen LogP contribution is -2.56. The van der Waals surface area contributed by atoms with E-state index in [1.807, 2.05) is 6.92 Å². The van der Waals surface area contributed by atoms with E-state index in [0.717, 1.165) is 0 Å². The second-order valence-electron chi connectivity index (χ2n) is 3.57. The van der Waals surface area contributed by atoms with Crippen molar-refractivity contribution in [2.24, 2.45) is 11.3 Å². The second-order valence-corrected chi connectivity index (χ2v) is 3.57. The topological polar surface area (TPSA) is 69.9 Å². The van der Waals surface area contributed by atoms with Gasteiger partial charge in [0.2, 0.25) is 0 Å². The van der Waals surface area contributed by atoms with E-state index in [1.54, 1.807) is 0 Å². The molecule has 12 heavy (non-hydrogen) atoms. The standard InChI is InChI=1S/C8H16O4/c1-6-2-12-7(6)8(3-9,4-10)5-11/h6-7,9-11H,2-5H2,1H3. The van der Waals surface area contributed by atoms with Gasteiger partial charge in [-0.2, -0.15) is 0 Å². The summed E-state index contributed by atoms with van der Waals surface area (Å²) < 4.78 is 5.20. The van der Waals surface area contributed by atoms with Gasteiger partial charge in [0.25, 0.3) is 0 Å². The van der Waals surface area contributed by atoms with Crippen LogP contribution < -0.4 is 0 Å². The summed E-state index contributed by atoms with van der Waals surface area (Å²) in [4.78, 5) is 0. The van der Waals surface area contributed by atoms with Gasteiger partial charge >= 0.3 is 0 Å². The van der Waals surface area contributed by atoms with Crippen molar-refractivity contribution in [1.82, 2.24) is 0 Å². The van der Waals surface area contributed by atoms with Gasteiger partial charge in [0.1, 0.15) is 0 Å². The number of rotatable bonds is 4. The Morgan fingerprint density at radius 3 is 1.83 bits per heavy atom. The number of aliphatic hydroxyl groups is 3. The molecule has 0 bridgehead atoms. The first-order chi connectivity index (χ1) is 5.70. The molecule has 0 aromatic heterocycles. The van der Waals surface area contributed by atoms with Crippen molar-refractivity contribution in [3.63, 3.8) is 0 Å². The molecule has 3 N–H and O–H groups in total. The molecule has 1 fully saturated rings.